The lowest BCUT2D eigenvalue weighted by Gasteiger charge is -2.12. The average Bonchev–Trinajstić information content (AvgIpc) is 2.87. The quantitative estimate of drug-likeness (QED) is 0.918. The second-order valence-corrected chi connectivity index (χ2v) is 4.47. The molecule has 0 saturated carbocycles. The van der Waals surface area contributed by atoms with Gasteiger partial charge in [-0.3, -0.25) is 4.68 Å². The summed E-state index contributed by atoms with van der Waals surface area (Å²) in [5.41, 5.74) is 1.85. The molecule has 0 amide bonds. The van der Waals surface area contributed by atoms with Crippen LogP contribution < -0.4 is 4.74 Å². The van der Waals surface area contributed by atoms with Crippen LogP contribution in [0.1, 0.15) is 30.2 Å². The van der Waals surface area contributed by atoms with Crippen LogP contribution in [0.3, 0.4) is 0 Å². The van der Waals surface area contributed by atoms with Crippen LogP contribution in [0, 0.1) is 0 Å². The molecule has 0 aliphatic carbocycles. The van der Waals surface area contributed by atoms with Crippen LogP contribution in [0.25, 0.3) is 11.3 Å². The number of methoxy groups -OCH3 is 1. The van der Waals surface area contributed by atoms with Crippen molar-refractivity contribution in [2.75, 3.05) is 7.11 Å². The number of carbonyl (C=O) groups is 1. The van der Waals surface area contributed by atoms with E-state index in [2.05, 4.69) is 5.10 Å². The lowest BCUT2D eigenvalue weighted by molar-refractivity contribution is 0.0693. The molecule has 100 valence electrons. The van der Waals surface area contributed by atoms with E-state index in [0.717, 1.165) is 11.3 Å². The largest absolute Gasteiger partial charge is 0.496 e. The summed E-state index contributed by atoms with van der Waals surface area (Å²) in [6.07, 6.45) is 1.71. The van der Waals surface area contributed by atoms with Crippen LogP contribution in [0.4, 0.5) is 0 Å². The van der Waals surface area contributed by atoms with Crippen molar-refractivity contribution in [3.05, 3.63) is 36.0 Å². The predicted octanol–water partition coefficient (Wildman–Crippen LogP) is 2.84. The Hall–Kier alpha value is -2.30. The maximum Gasteiger partial charge on any atom is 0.339 e. The zero-order valence-corrected chi connectivity index (χ0v) is 11.1. The third-order valence-corrected chi connectivity index (χ3v) is 2.89. The zero-order chi connectivity index (χ0) is 14.0. The molecule has 0 atom stereocenters. The Bertz CT molecular complexity index is 602. The van der Waals surface area contributed by atoms with E-state index in [1.807, 2.05) is 30.7 Å². The first kappa shape index (κ1) is 13.1. The maximum absolute atomic E-state index is 11.2. The first-order valence-corrected chi connectivity index (χ1v) is 5.99. The SMILES string of the molecule is COc1ccc(-c2ccnn2C(C)C)cc1C(=O)O. The lowest BCUT2D eigenvalue weighted by Crippen LogP contribution is -2.06. The molecule has 2 rings (SSSR count). The van der Waals surface area contributed by atoms with Gasteiger partial charge in [0, 0.05) is 17.8 Å². The molecule has 0 spiro atoms. The van der Waals surface area contributed by atoms with Gasteiger partial charge in [-0.25, -0.2) is 4.79 Å². The molecular weight excluding hydrogens is 244 g/mol. The fourth-order valence-electron chi connectivity index (χ4n) is 1.99. The van der Waals surface area contributed by atoms with Crippen molar-refractivity contribution < 1.29 is 14.6 Å². The second kappa shape index (κ2) is 5.14. The van der Waals surface area contributed by atoms with Gasteiger partial charge < -0.3 is 9.84 Å². The predicted molar refractivity (Wildman–Crippen MR) is 71.6 cm³/mol. The molecule has 1 N–H and O–H groups in total. The molecule has 0 fully saturated rings. The highest BCUT2D eigenvalue weighted by Crippen LogP contribution is 2.27. The summed E-state index contributed by atoms with van der Waals surface area (Å²) in [7, 11) is 1.46. The van der Waals surface area contributed by atoms with Gasteiger partial charge in [0.25, 0.3) is 0 Å². The molecule has 0 bridgehead atoms. The van der Waals surface area contributed by atoms with Crippen LogP contribution in [-0.4, -0.2) is 28.0 Å². The van der Waals surface area contributed by atoms with Crippen molar-refractivity contribution in [3.63, 3.8) is 0 Å². The normalized spacial score (nSPS) is 10.7. The number of aromatic carboxylic acids is 1. The van der Waals surface area contributed by atoms with Gasteiger partial charge in [-0.1, -0.05) is 0 Å². The summed E-state index contributed by atoms with van der Waals surface area (Å²) in [4.78, 5) is 11.2. The summed E-state index contributed by atoms with van der Waals surface area (Å²) in [5.74, 6) is -0.652. The van der Waals surface area contributed by atoms with E-state index in [1.54, 1.807) is 18.3 Å². The van der Waals surface area contributed by atoms with E-state index in [1.165, 1.54) is 7.11 Å². The highest BCUT2D eigenvalue weighted by Gasteiger charge is 2.15. The van der Waals surface area contributed by atoms with Gasteiger partial charge >= 0.3 is 5.97 Å². The number of benzene rings is 1. The first-order chi connectivity index (χ1) is 9.04. The van der Waals surface area contributed by atoms with Crippen LogP contribution in [-0.2, 0) is 0 Å². The summed E-state index contributed by atoms with van der Waals surface area (Å²) in [6, 6.07) is 7.18. The van der Waals surface area contributed by atoms with Crippen molar-refractivity contribution in [3.8, 4) is 17.0 Å². The average molecular weight is 260 g/mol. The Kier molecular flexibility index (Phi) is 3.55. The van der Waals surface area contributed by atoms with E-state index >= 15 is 0 Å². The molecule has 0 unspecified atom stereocenters. The Morgan fingerprint density at radius 3 is 2.68 bits per heavy atom. The van der Waals surface area contributed by atoms with E-state index in [9.17, 15) is 9.90 Å². The molecule has 0 radical (unpaired) electrons. The number of carboxylic acids is 1. The monoisotopic (exact) mass is 260 g/mol. The smallest absolute Gasteiger partial charge is 0.339 e. The highest BCUT2D eigenvalue weighted by atomic mass is 16.5. The van der Waals surface area contributed by atoms with Crippen LogP contribution >= 0.6 is 0 Å². The maximum atomic E-state index is 11.2. The van der Waals surface area contributed by atoms with Gasteiger partial charge in [0.15, 0.2) is 0 Å². The van der Waals surface area contributed by atoms with Crippen molar-refractivity contribution >= 4 is 5.97 Å². The van der Waals surface area contributed by atoms with Crippen molar-refractivity contribution in [2.24, 2.45) is 0 Å². The number of hydrogen-bond donors (Lipinski definition) is 1. The van der Waals surface area contributed by atoms with Crippen LogP contribution in [0.5, 0.6) is 5.75 Å². The first-order valence-electron chi connectivity index (χ1n) is 5.99. The van der Waals surface area contributed by atoms with Gasteiger partial charge in [0.1, 0.15) is 11.3 Å². The Balaban J connectivity index is 2.54. The summed E-state index contributed by atoms with van der Waals surface area (Å²) < 4.78 is 6.91. The number of ether oxygens (including phenoxy) is 1. The van der Waals surface area contributed by atoms with Crippen molar-refractivity contribution in [1.29, 1.82) is 0 Å². The van der Waals surface area contributed by atoms with Gasteiger partial charge in [-0.05, 0) is 38.1 Å². The topological polar surface area (TPSA) is 64.4 Å². The zero-order valence-electron chi connectivity index (χ0n) is 11.1. The molecule has 1 heterocycles. The number of nitrogens with zero attached hydrogens (tertiary/aromatic N) is 2. The molecule has 0 saturated heterocycles. The Morgan fingerprint density at radius 1 is 1.37 bits per heavy atom. The summed E-state index contributed by atoms with van der Waals surface area (Å²) in [6.45, 7) is 4.05. The molecule has 5 nitrogen and oxygen atoms in total. The molecular formula is C14H16N2O3. The Labute approximate surface area is 111 Å². The van der Waals surface area contributed by atoms with Crippen molar-refractivity contribution in [2.45, 2.75) is 19.9 Å². The molecule has 0 aliphatic heterocycles. The van der Waals surface area contributed by atoms with Gasteiger partial charge in [-0.2, -0.15) is 5.10 Å². The van der Waals surface area contributed by atoms with Gasteiger partial charge in [0.05, 0.1) is 12.8 Å². The number of aromatic nitrogens is 2. The molecule has 5 heteroatoms. The fourth-order valence-corrected chi connectivity index (χ4v) is 1.99. The second-order valence-electron chi connectivity index (χ2n) is 4.47. The number of rotatable bonds is 4. The van der Waals surface area contributed by atoms with E-state index in [-0.39, 0.29) is 11.6 Å². The molecule has 19 heavy (non-hydrogen) atoms. The van der Waals surface area contributed by atoms with E-state index in [4.69, 9.17) is 4.74 Å². The lowest BCUT2D eigenvalue weighted by atomic mass is 10.1. The van der Waals surface area contributed by atoms with Crippen LogP contribution in [0.15, 0.2) is 30.5 Å². The summed E-state index contributed by atoms with van der Waals surface area (Å²) >= 11 is 0. The molecule has 2 aromatic rings. The fraction of sp³-hybridized carbons (Fsp3) is 0.286. The minimum Gasteiger partial charge on any atom is -0.496 e. The minimum atomic E-state index is -1.01. The van der Waals surface area contributed by atoms with E-state index in [0.29, 0.717) is 5.75 Å². The highest BCUT2D eigenvalue weighted by molar-refractivity contribution is 5.92. The van der Waals surface area contributed by atoms with Crippen LogP contribution in [0.2, 0.25) is 0 Å². The standard InChI is InChI=1S/C14H16N2O3/c1-9(2)16-12(6-7-15-16)10-4-5-13(19-3)11(8-10)14(17)18/h4-9H,1-3H3,(H,17,18). The molecule has 1 aromatic heterocycles. The summed E-state index contributed by atoms with van der Waals surface area (Å²) in [5, 5.41) is 13.4. The minimum absolute atomic E-state index is 0.150. The Morgan fingerprint density at radius 2 is 2.11 bits per heavy atom. The number of hydrogen-bond acceptors (Lipinski definition) is 3. The number of carboxylic acid groups (broad SMARTS) is 1. The molecule has 1 aromatic carbocycles. The third-order valence-electron chi connectivity index (χ3n) is 2.89. The van der Waals surface area contributed by atoms with E-state index < -0.39 is 5.97 Å². The van der Waals surface area contributed by atoms with Crippen molar-refractivity contribution in [1.82, 2.24) is 9.78 Å². The molecule has 0 aliphatic rings. The van der Waals surface area contributed by atoms with Gasteiger partial charge in [-0.15, -0.1) is 0 Å². The van der Waals surface area contributed by atoms with Gasteiger partial charge in [0.2, 0.25) is 0 Å². The third kappa shape index (κ3) is 2.45.